The summed E-state index contributed by atoms with van der Waals surface area (Å²) in [4.78, 5) is 15.0. The highest BCUT2D eigenvalue weighted by Gasteiger charge is 2.26. The van der Waals surface area contributed by atoms with Gasteiger partial charge in [-0.3, -0.25) is 4.79 Å². The smallest absolute Gasteiger partial charge is 0.227 e. The number of hydrogen-bond acceptors (Lipinski definition) is 5. The first-order valence-electron chi connectivity index (χ1n) is 10.2. The molecule has 2 aromatic carbocycles. The van der Waals surface area contributed by atoms with Gasteiger partial charge in [0.15, 0.2) is 5.82 Å². The van der Waals surface area contributed by atoms with Crippen molar-refractivity contribution in [2.24, 2.45) is 5.92 Å². The summed E-state index contributed by atoms with van der Waals surface area (Å²) in [6.07, 6.45) is 1.56. The minimum atomic E-state index is -0.0250. The molecule has 0 bridgehead atoms. The van der Waals surface area contributed by atoms with Crippen LogP contribution in [0.25, 0.3) is 11.3 Å². The van der Waals surface area contributed by atoms with E-state index in [9.17, 15) is 4.79 Å². The fraction of sp³-hybridized carbons (Fsp3) is 0.292. The molecule has 0 unspecified atom stereocenters. The molecule has 0 atom stereocenters. The Hall–Kier alpha value is -3.41. The predicted octanol–water partition coefficient (Wildman–Crippen LogP) is 4.32. The van der Waals surface area contributed by atoms with E-state index in [0.717, 1.165) is 54.3 Å². The topological polar surface area (TPSA) is 67.3 Å². The summed E-state index contributed by atoms with van der Waals surface area (Å²) < 4.78 is 5.37. The number of carbonyl (C=O) groups excluding carboxylic acids is 1. The van der Waals surface area contributed by atoms with E-state index in [4.69, 9.17) is 4.74 Å². The van der Waals surface area contributed by atoms with E-state index in [1.165, 1.54) is 0 Å². The van der Waals surface area contributed by atoms with E-state index in [1.807, 2.05) is 67.6 Å². The minimum absolute atomic E-state index is 0.0250. The number of nitrogens with zero attached hydrogens (tertiary/aromatic N) is 3. The number of carbonyl (C=O) groups is 1. The number of anilines is 2. The Balaban J connectivity index is 1.36. The van der Waals surface area contributed by atoms with E-state index in [2.05, 4.69) is 20.4 Å². The third kappa shape index (κ3) is 4.43. The summed E-state index contributed by atoms with van der Waals surface area (Å²) >= 11 is 0. The largest absolute Gasteiger partial charge is 0.495 e. The van der Waals surface area contributed by atoms with E-state index >= 15 is 0 Å². The van der Waals surface area contributed by atoms with Gasteiger partial charge in [-0.1, -0.05) is 36.4 Å². The Kier molecular flexibility index (Phi) is 5.93. The van der Waals surface area contributed by atoms with Gasteiger partial charge in [0.25, 0.3) is 0 Å². The van der Waals surface area contributed by atoms with Crippen molar-refractivity contribution in [1.29, 1.82) is 0 Å². The second-order valence-electron chi connectivity index (χ2n) is 7.60. The van der Waals surface area contributed by atoms with Crippen molar-refractivity contribution in [3.05, 3.63) is 66.2 Å². The van der Waals surface area contributed by atoms with E-state index in [1.54, 1.807) is 7.11 Å². The summed E-state index contributed by atoms with van der Waals surface area (Å²) in [5.74, 6) is 1.56. The van der Waals surface area contributed by atoms with Crippen molar-refractivity contribution in [3.8, 4) is 17.0 Å². The van der Waals surface area contributed by atoms with Crippen molar-refractivity contribution in [2.45, 2.75) is 19.8 Å². The second kappa shape index (κ2) is 8.95. The molecule has 6 heteroatoms. The lowest BCUT2D eigenvalue weighted by atomic mass is 9.95. The van der Waals surface area contributed by atoms with Gasteiger partial charge >= 0.3 is 0 Å². The number of benzene rings is 2. The lowest BCUT2D eigenvalue weighted by molar-refractivity contribution is -0.120. The highest BCUT2D eigenvalue weighted by atomic mass is 16.5. The monoisotopic (exact) mass is 402 g/mol. The predicted molar refractivity (Wildman–Crippen MR) is 119 cm³/mol. The van der Waals surface area contributed by atoms with Crippen LogP contribution in [0.3, 0.4) is 0 Å². The molecule has 30 heavy (non-hydrogen) atoms. The van der Waals surface area contributed by atoms with Gasteiger partial charge in [-0.15, -0.1) is 10.2 Å². The lowest BCUT2D eigenvalue weighted by Gasteiger charge is -2.32. The molecule has 3 aromatic rings. The van der Waals surface area contributed by atoms with Crippen LogP contribution in [0.1, 0.15) is 18.4 Å². The van der Waals surface area contributed by atoms with Crippen LogP contribution in [0.15, 0.2) is 60.7 Å². The summed E-state index contributed by atoms with van der Waals surface area (Å²) in [5.41, 5.74) is 3.73. The fourth-order valence-corrected chi connectivity index (χ4v) is 3.78. The van der Waals surface area contributed by atoms with Crippen LogP contribution in [0, 0.1) is 12.8 Å². The van der Waals surface area contributed by atoms with Gasteiger partial charge < -0.3 is 15.0 Å². The van der Waals surface area contributed by atoms with Crippen molar-refractivity contribution in [2.75, 3.05) is 30.4 Å². The van der Waals surface area contributed by atoms with Crippen LogP contribution < -0.4 is 15.0 Å². The molecule has 154 valence electrons. The number of hydrogen-bond donors (Lipinski definition) is 1. The standard InChI is InChI=1S/C24H26N4O2/c1-17-8-10-22(30-2)21(16-17)25-24(29)19-12-14-28(15-13-19)23-11-9-20(26-27-23)18-6-4-3-5-7-18/h3-11,16,19H,12-15H2,1-2H3,(H,25,29). The molecule has 0 radical (unpaired) electrons. The van der Waals surface area contributed by atoms with Gasteiger partial charge in [0, 0.05) is 24.6 Å². The Bertz CT molecular complexity index is 997. The number of methoxy groups -OCH3 is 1. The van der Waals surface area contributed by atoms with Crippen LogP contribution in [-0.4, -0.2) is 36.3 Å². The quantitative estimate of drug-likeness (QED) is 0.689. The average molecular weight is 402 g/mol. The molecule has 1 amide bonds. The van der Waals surface area contributed by atoms with Crippen LogP contribution in [0.4, 0.5) is 11.5 Å². The van der Waals surface area contributed by atoms with E-state index in [-0.39, 0.29) is 11.8 Å². The molecule has 2 heterocycles. The summed E-state index contributed by atoms with van der Waals surface area (Å²) in [6.45, 7) is 3.56. The summed E-state index contributed by atoms with van der Waals surface area (Å²) in [6, 6.07) is 19.8. The number of nitrogens with one attached hydrogen (secondary N) is 1. The Morgan fingerprint density at radius 1 is 1.03 bits per heavy atom. The third-order valence-corrected chi connectivity index (χ3v) is 5.52. The van der Waals surface area contributed by atoms with Crippen LogP contribution in [-0.2, 0) is 4.79 Å². The zero-order chi connectivity index (χ0) is 20.9. The molecule has 1 fully saturated rings. The van der Waals surface area contributed by atoms with Crippen molar-refractivity contribution in [1.82, 2.24) is 10.2 Å². The molecule has 0 aliphatic carbocycles. The second-order valence-corrected chi connectivity index (χ2v) is 7.60. The molecule has 1 aliphatic rings. The first kappa shape index (κ1) is 19.9. The molecular weight excluding hydrogens is 376 g/mol. The van der Waals surface area contributed by atoms with E-state index < -0.39 is 0 Å². The zero-order valence-corrected chi connectivity index (χ0v) is 17.3. The van der Waals surface area contributed by atoms with Crippen LogP contribution in [0.5, 0.6) is 5.75 Å². The van der Waals surface area contributed by atoms with Gasteiger partial charge in [0.2, 0.25) is 5.91 Å². The van der Waals surface area contributed by atoms with Crippen molar-refractivity contribution in [3.63, 3.8) is 0 Å². The number of aromatic nitrogens is 2. The van der Waals surface area contributed by atoms with Gasteiger partial charge in [-0.25, -0.2) is 0 Å². The Morgan fingerprint density at radius 2 is 1.80 bits per heavy atom. The van der Waals surface area contributed by atoms with Gasteiger partial charge in [0.1, 0.15) is 5.75 Å². The first-order valence-corrected chi connectivity index (χ1v) is 10.2. The Labute approximate surface area is 176 Å². The van der Waals surface area contributed by atoms with Crippen molar-refractivity contribution < 1.29 is 9.53 Å². The molecule has 4 rings (SSSR count). The van der Waals surface area contributed by atoms with Gasteiger partial charge in [-0.2, -0.15) is 0 Å². The van der Waals surface area contributed by atoms with Gasteiger partial charge in [-0.05, 0) is 49.6 Å². The Morgan fingerprint density at radius 3 is 2.47 bits per heavy atom. The van der Waals surface area contributed by atoms with Crippen molar-refractivity contribution >= 4 is 17.4 Å². The number of aryl methyl sites for hydroxylation is 1. The molecule has 0 saturated carbocycles. The lowest BCUT2D eigenvalue weighted by Crippen LogP contribution is -2.38. The summed E-state index contributed by atoms with van der Waals surface area (Å²) in [5, 5.41) is 11.8. The molecule has 1 aromatic heterocycles. The molecule has 1 saturated heterocycles. The molecule has 6 nitrogen and oxygen atoms in total. The minimum Gasteiger partial charge on any atom is -0.495 e. The highest BCUT2D eigenvalue weighted by Crippen LogP contribution is 2.28. The maximum atomic E-state index is 12.8. The fourth-order valence-electron chi connectivity index (χ4n) is 3.78. The average Bonchev–Trinajstić information content (AvgIpc) is 2.80. The number of rotatable bonds is 5. The van der Waals surface area contributed by atoms with Gasteiger partial charge in [0.05, 0.1) is 18.5 Å². The summed E-state index contributed by atoms with van der Waals surface area (Å²) in [7, 11) is 1.61. The molecule has 1 aliphatic heterocycles. The van der Waals surface area contributed by atoms with Crippen LogP contribution in [0.2, 0.25) is 0 Å². The van der Waals surface area contributed by atoms with Crippen LogP contribution >= 0.6 is 0 Å². The SMILES string of the molecule is COc1ccc(C)cc1NC(=O)C1CCN(c2ccc(-c3ccccc3)nn2)CC1. The highest BCUT2D eigenvalue weighted by molar-refractivity contribution is 5.94. The maximum absolute atomic E-state index is 12.8. The third-order valence-electron chi connectivity index (χ3n) is 5.52. The number of amides is 1. The maximum Gasteiger partial charge on any atom is 0.227 e. The zero-order valence-electron chi connectivity index (χ0n) is 17.3. The molecular formula is C24H26N4O2. The first-order chi connectivity index (χ1) is 14.6. The molecule has 0 spiro atoms. The molecule has 1 N–H and O–H groups in total. The number of piperidine rings is 1. The number of ether oxygens (including phenoxy) is 1. The van der Waals surface area contributed by atoms with E-state index in [0.29, 0.717) is 5.75 Å². The normalized spacial score (nSPS) is 14.4.